The summed E-state index contributed by atoms with van der Waals surface area (Å²) in [6.45, 7) is 0. The first-order chi connectivity index (χ1) is 7.34. The summed E-state index contributed by atoms with van der Waals surface area (Å²) in [7, 11) is 0. The van der Waals surface area contributed by atoms with Crippen LogP contribution < -0.4 is 5.73 Å². The van der Waals surface area contributed by atoms with Crippen molar-refractivity contribution in [2.75, 3.05) is 0 Å². The van der Waals surface area contributed by atoms with E-state index in [0.29, 0.717) is 6.07 Å². The zero-order valence-corrected chi connectivity index (χ0v) is 9.28. The van der Waals surface area contributed by atoms with Crippen molar-refractivity contribution in [3.8, 4) is 6.07 Å². The molecule has 0 aliphatic rings. The molecule has 1 aromatic carbocycles. The lowest BCUT2D eigenvalue weighted by Gasteiger charge is -2.12. The van der Waals surface area contributed by atoms with Gasteiger partial charge in [0.15, 0.2) is 0 Å². The zero-order chi connectivity index (χ0) is 12.3. The van der Waals surface area contributed by atoms with Gasteiger partial charge < -0.3 is 5.73 Å². The van der Waals surface area contributed by atoms with Gasteiger partial charge in [0, 0.05) is 6.04 Å². The first-order valence-electron chi connectivity index (χ1n) is 4.35. The van der Waals surface area contributed by atoms with E-state index in [0.717, 1.165) is 12.1 Å². The number of hydrogen-bond donors (Lipinski definition) is 1. The van der Waals surface area contributed by atoms with Crippen molar-refractivity contribution in [1.82, 2.24) is 0 Å². The highest BCUT2D eigenvalue weighted by Gasteiger charge is 2.31. The van der Waals surface area contributed by atoms with Crippen LogP contribution in [-0.4, -0.2) is 0 Å². The summed E-state index contributed by atoms with van der Waals surface area (Å²) < 4.78 is 49.9. The second kappa shape index (κ2) is 5.84. The second-order valence-electron chi connectivity index (χ2n) is 3.24. The summed E-state index contributed by atoms with van der Waals surface area (Å²) in [5.74, 6) is -1.02. The molecule has 2 N–H and O–H groups in total. The van der Waals surface area contributed by atoms with E-state index < -0.39 is 23.6 Å². The van der Waals surface area contributed by atoms with E-state index >= 15 is 0 Å². The molecule has 0 aliphatic heterocycles. The van der Waals surface area contributed by atoms with Crippen LogP contribution in [0.2, 0.25) is 0 Å². The van der Waals surface area contributed by atoms with Gasteiger partial charge in [0.25, 0.3) is 0 Å². The molecular formula is C10H9ClF4N2. The number of nitriles is 1. The van der Waals surface area contributed by atoms with Crippen molar-refractivity contribution >= 4 is 12.4 Å². The van der Waals surface area contributed by atoms with Gasteiger partial charge in [-0.2, -0.15) is 18.4 Å². The van der Waals surface area contributed by atoms with Crippen LogP contribution in [0, 0.1) is 17.1 Å². The highest BCUT2D eigenvalue weighted by Crippen LogP contribution is 2.31. The molecule has 0 heterocycles. The van der Waals surface area contributed by atoms with Crippen LogP contribution in [0.3, 0.4) is 0 Å². The monoisotopic (exact) mass is 268 g/mol. The predicted octanol–water partition coefficient (Wildman–Crippen LogP) is 3.18. The molecule has 0 amide bonds. The molecule has 0 saturated carbocycles. The highest BCUT2D eigenvalue weighted by atomic mass is 35.5. The highest BCUT2D eigenvalue weighted by molar-refractivity contribution is 5.85. The summed E-state index contributed by atoms with van der Waals surface area (Å²) in [5, 5.41) is 8.35. The second-order valence-corrected chi connectivity index (χ2v) is 3.24. The lowest BCUT2D eigenvalue weighted by atomic mass is 10.0. The van der Waals surface area contributed by atoms with Gasteiger partial charge in [-0.15, -0.1) is 12.4 Å². The molecule has 0 unspecified atom stereocenters. The Bertz CT molecular complexity index is 425. The van der Waals surface area contributed by atoms with E-state index in [1.807, 2.05) is 0 Å². The Hall–Kier alpha value is -1.32. The molecule has 7 heteroatoms. The maximum Gasteiger partial charge on any atom is 0.416 e. The summed E-state index contributed by atoms with van der Waals surface area (Å²) in [6, 6.07) is 2.85. The van der Waals surface area contributed by atoms with Gasteiger partial charge >= 0.3 is 6.18 Å². The van der Waals surface area contributed by atoms with Gasteiger partial charge in [-0.3, -0.25) is 0 Å². The summed E-state index contributed by atoms with van der Waals surface area (Å²) in [5.41, 5.74) is 4.30. The van der Waals surface area contributed by atoms with Crippen LogP contribution in [0.1, 0.15) is 23.6 Å². The third-order valence-electron chi connectivity index (χ3n) is 1.99. The van der Waals surface area contributed by atoms with E-state index in [9.17, 15) is 17.6 Å². The van der Waals surface area contributed by atoms with Gasteiger partial charge in [0.2, 0.25) is 0 Å². The standard InChI is InChI=1S/C10H8F4N2.ClH/c11-8-4-6(9(16)1-2-15)3-7(5-8)10(12,13)14;/h3-5,9H,1,16H2;1H/t9-;/m0./s1. The van der Waals surface area contributed by atoms with Gasteiger partial charge in [0.1, 0.15) is 5.82 Å². The molecule has 0 saturated heterocycles. The number of nitrogens with two attached hydrogens (primary N) is 1. The van der Waals surface area contributed by atoms with Crippen molar-refractivity contribution in [2.45, 2.75) is 18.6 Å². The van der Waals surface area contributed by atoms with Crippen LogP contribution in [0.15, 0.2) is 18.2 Å². The summed E-state index contributed by atoms with van der Waals surface area (Å²) >= 11 is 0. The van der Waals surface area contributed by atoms with Gasteiger partial charge in [-0.25, -0.2) is 4.39 Å². The van der Waals surface area contributed by atoms with Gasteiger partial charge in [0.05, 0.1) is 18.1 Å². The van der Waals surface area contributed by atoms with Crippen molar-refractivity contribution in [1.29, 1.82) is 5.26 Å². The minimum atomic E-state index is -4.62. The molecule has 0 spiro atoms. The van der Waals surface area contributed by atoms with Crippen LogP contribution in [0.25, 0.3) is 0 Å². The fourth-order valence-electron chi connectivity index (χ4n) is 1.21. The van der Waals surface area contributed by atoms with Crippen molar-refractivity contribution < 1.29 is 17.6 Å². The fraction of sp³-hybridized carbons (Fsp3) is 0.300. The van der Waals surface area contributed by atoms with Gasteiger partial charge in [-0.1, -0.05) is 0 Å². The lowest BCUT2D eigenvalue weighted by Crippen LogP contribution is -2.12. The molecule has 0 aromatic heterocycles. The Morgan fingerprint density at radius 1 is 1.29 bits per heavy atom. The smallest absolute Gasteiger partial charge is 0.323 e. The molecule has 0 fully saturated rings. The molecular weight excluding hydrogens is 260 g/mol. The number of nitrogens with zero attached hydrogens (tertiary/aromatic N) is 1. The van der Waals surface area contributed by atoms with E-state index in [4.69, 9.17) is 11.0 Å². The maximum atomic E-state index is 12.9. The molecule has 0 radical (unpaired) electrons. The molecule has 1 atom stereocenters. The van der Waals surface area contributed by atoms with Crippen molar-refractivity contribution in [3.63, 3.8) is 0 Å². The number of benzene rings is 1. The van der Waals surface area contributed by atoms with Crippen molar-refractivity contribution in [2.24, 2.45) is 5.73 Å². The Kier molecular flexibility index (Phi) is 5.39. The Morgan fingerprint density at radius 2 is 1.88 bits per heavy atom. The van der Waals surface area contributed by atoms with Crippen molar-refractivity contribution in [3.05, 3.63) is 35.1 Å². The van der Waals surface area contributed by atoms with E-state index in [-0.39, 0.29) is 24.4 Å². The lowest BCUT2D eigenvalue weighted by molar-refractivity contribution is -0.137. The molecule has 1 rings (SSSR count). The first-order valence-corrected chi connectivity index (χ1v) is 4.35. The third kappa shape index (κ3) is 4.21. The van der Waals surface area contributed by atoms with Gasteiger partial charge in [-0.05, 0) is 23.8 Å². The molecule has 2 nitrogen and oxygen atoms in total. The minimum Gasteiger partial charge on any atom is -0.323 e. The summed E-state index contributed by atoms with van der Waals surface area (Å²) in [4.78, 5) is 0. The Balaban J connectivity index is 0.00000256. The van der Waals surface area contributed by atoms with E-state index in [1.165, 1.54) is 0 Å². The predicted molar refractivity (Wildman–Crippen MR) is 55.8 cm³/mol. The maximum absolute atomic E-state index is 12.9. The number of halogens is 5. The van der Waals surface area contributed by atoms with E-state index in [1.54, 1.807) is 6.07 Å². The molecule has 0 aliphatic carbocycles. The average Bonchev–Trinajstić information content (AvgIpc) is 2.16. The topological polar surface area (TPSA) is 49.8 Å². The first kappa shape index (κ1) is 15.7. The number of alkyl halides is 3. The fourth-order valence-corrected chi connectivity index (χ4v) is 1.21. The molecule has 1 aromatic rings. The molecule has 17 heavy (non-hydrogen) atoms. The Labute approximate surface area is 101 Å². The van der Waals surface area contributed by atoms with E-state index in [2.05, 4.69) is 0 Å². The quantitative estimate of drug-likeness (QED) is 0.838. The Morgan fingerprint density at radius 3 is 2.35 bits per heavy atom. The van der Waals surface area contributed by atoms with Crippen LogP contribution in [0.5, 0.6) is 0 Å². The molecule has 0 bridgehead atoms. The SMILES string of the molecule is Cl.N#CC[C@H](N)c1cc(F)cc(C(F)(F)F)c1. The summed E-state index contributed by atoms with van der Waals surface area (Å²) in [6.07, 6.45) is -4.79. The minimum absolute atomic E-state index is 0. The van der Waals surface area contributed by atoms with Crippen LogP contribution in [-0.2, 0) is 6.18 Å². The average molecular weight is 269 g/mol. The molecule has 94 valence electrons. The largest absolute Gasteiger partial charge is 0.416 e. The zero-order valence-electron chi connectivity index (χ0n) is 8.46. The number of rotatable bonds is 2. The normalized spacial score (nSPS) is 12.5. The third-order valence-corrected chi connectivity index (χ3v) is 1.99. The van der Waals surface area contributed by atoms with Crippen LogP contribution in [0.4, 0.5) is 17.6 Å². The van der Waals surface area contributed by atoms with Crippen LogP contribution >= 0.6 is 12.4 Å². The number of hydrogen-bond acceptors (Lipinski definition) is 2.